The van der Waals surface area contributed by atoms with Crippen LogP contribution in [0.15, 0.2) is 24.3 Å². The van der Waals surface area contributed by atoms with Crippen molar-refractivity contribution in [2.24, 2.45) is 5.92 Å². The molecular weight excluding hydrogens is 1280 g/mol. The van der Waals surface area contributed by atoms with Crippen LogP contribution in [0.3, 0.4) is 0 Å². The molecule has 5 atom stereocenters. The lowest BCUT2D eigenvalue weighted by atomic mass is 10.0. The highest BCUT2D eigenvalue weighted by atomic mass is 31.2. The van der Waals surface area contributed by atoms with E-state index in [1.54, 1.807) is 0 Å². The van der Waals surface area contributed by atoms with Gasteiger partial charge in [0.15, 0.2) is 12.2 Å². The van der Waals surface area contributed by atoms with E-state index in [9.17, 15) is 43.2 Å². The second kappa shape index (κ2) is 71.5. The summed E-state index contributed by atoms with van der Waals surface area (Å²) in [6, 6.07) is 0. The van der Waals surface area contributed by atoms with Gasteiger partial charge < -0.3 is 33.8 Å². The monoisotopic (exact) mass is 1430 g/mol. The average molecular weight is 1430 g/mol. The molecule has 0 radical (unpaired) electrons. The zero-order valence-corrected chi connectivity index (χ0v) is 65.2. The van der Waals surface area contributed by atoms with Crippen LogP contribution in [-0.4, -0.2) is 96.7 Å². The van der Waals surface area contributed by atoms with Crippen LogP contribution in [0.1, 0.15) is 394 Å². The molecule has 3 N–H and O–H groups in total. The van der Waals surface area contributed by atoms with Gasteiger partial charge in [0.25, 0.3) is 0 Å². The maximum Gasteiger partial charge on any atom is 0.472 e. The van der Waals surface area contributed by atoms with E-state index < -0.39 is 97.5 Å². The number of ether oxygens (including phenoxy) is 4. The Kier molecular flexibility index (Phi) is 69.7. The molecule has 98 heavy (non-hydrogen) atoms. The largest absolute Gasteiger partial charge is 0.472 e. The highest BCUT2D eigenvalue weighted by molar-refractivity contribution is 7.47. The summed E-state index contributed by atoms with van der Waals surface area (Å²) in [6.45, 7) is 7.28. The maximum absolute atomic E-state index is 13.1. The zero-order chi connectivity index (χ0) is 71.9. The molecule has 578 valence electrons. The first-order valence-electron chi connectivity index (χ1n) is 40.5. The normalized spacial score (nSPS) is 14.1. The third kappa shape index (κ3) is 71.9. The number of carbonyl (C=O) groups excluding carboxylic acids is 4. The lowest BCUT2D eigenvalue weighted by Gasteiger charge is -2.21. The summed E-state index contributed by atoms with van der Waals surface area (Å²) in [5.41, 5.74) is 0. The van der Waals surface area contributed by atoms with Gasteiger partial charge in [-0.05, 0) is 57.3 Å². The third-order valence-electron chi connectivity index (χ3n) is 17.9. The van der Waals surface area contributed by atoms with Crippen molar-refractivity contribution in [3.8, 4) is 0 Å². The molecule has 17 nitrogen and oxygen atoms in total. The summed E-state index contributed by atoms with van der Waals surface area (Å²) in [5.74, 6) is -1.34. The number of aliphatic hydroxyl groups is 1. The highest BCUT2D eigenvalue weighted by Gasteiger charge is 2.30. The number of rotatable bonds is 77. The molecule has 0 spiro atoms. The Morgan fingerprint density at radius 3 is 0.837 bits per heavy atom. The molecule has 0 heterocycles. The molecule has 0 saturated heterocycles. The second-order valence-electron chi connectivity index (χ2n) is 28.2. The van der Waals surface area contributed by atoms with Gasteiger partial charge in [-0.1, -0.05) is 341 Å². The van der Waals surface area contributed by atoms with E-state index in [4.69, 9.17) is 37.0 Å². The number of phosphoric ester groups is 2. The van der Waals surface area contributed by atoms with Gasteiger partial charge in [0, 0.05) is 25.7 Å². The molecule has 0 aromatic carbocycles. The van der Waals surface area contributed by atoms with Crippen molar-refractivity contribution in [2.45, 2.75) is 412 Å². The zero-order valence-electron chi connectivity index (χ0n) is 63.4. The molecule has 0 rings (SSSR count). The average Bonchev–Trinajstić information content (AvgIpc) is 0.994. The molecule has 0 aromatic rings. The van der Waals surface area contributed by atoms with Gasteiger partial charge in [-0.3, -0.25) is 37.3 Å². The van der Waals surface area contributed by atoms with Gasteiger partial charge in [0.05, 0.1) is 26.4 Å². The highest BCUT2D eigenvalue weighted by Crippen LogP contribution is 2.45. The van der Waals surface area contributed by atoms with E-state index in [2.05, 4.69) is 58.9 Å². The summed E-state index contributed by atoms with van der Waals surface area (Å²) >= 11 is 0. The molecule has 0 aliphatic rings. The second-order valence-corrected chi connectivity index (χ2v) is 31.2. The Morgan fingerprint density at radius 1 is 0.316 bits per heavy atom. The predicted molar refractivity (Wildman–Crippen MR) is 400 cm³/mol. The van der Waals surface area contributed by atoms with Crippen LogP contribution < -0.4 is 0 Å². The van der Waals surface area contributed by atoms with Gasteiger partial charge in [0.1, 0.15) is 19.3 Å². The Bertz CT molecular complexity index is 1970. The third-order valence-corrected chi connectivity index (χ3v) is 19.8. The van der Waals surface area contributed by atoms with Crippen LogP contribution >= 0.6 is 15.6 Å². The molecule has 0 fully saturated rings. The number of unbranched alkanes of at least 4 members (excludes halogenated alkanes) is 46. The molecule has 2 unspecified atom stereocenters. The summed E-state index contributed by atoms with van der Waals surface area (Å²) in [5, 5.41) is 10.6. The SMILES string of the molecule is CCCCCC/C=C\C=C/CCCCCCCC(=O)OC[C@H](COP(=O)(O)OC[C@@H](O)COP(=O)(O)OC[C@@H](COC(=O)CCCCCCCCCCCCCC)OC(=O)CCCCCCCCCCCCCCCC)OC(=O)CCCCCCCCCCCCCCCCC(C)C. The van der Waals surface area contributed by atoms with Crippen LogP contribution in [0.2, 0.25) is 0 Å². The van der Waals surface area contributed by atoms with Gasteiger partial charge in [-0.15, -0.1) is 0 Å². The van der Waals surface area contributed by atoms with E-state index >= 15 is 0 Å². The molecular formula is C79H150O17P2. The topological polar surface area (TPSA) is 237 Å². The Balaban J connectivity index is 5.30. The van der Waals surface area contributed by atoms with Crippen molar-refractivity contribution in [2.75, 3.05) is 39.6 Å². The van der Waals surface area contributed by atoms with Gasteiger partial charge >= 0.3 is 39.5 Å². The molecule has 19 heteroatoms. The first-order chi connectivity index (χ1) is 47.5. The van der Waals surface area contributed by atoms with Crippen molar-refractivity contribution in [1.29, 1.82) is 0 Å². The summed E-state index contributed by atoms with van der Waals surface area (Å²) < 4.78 is 68.6. The fourth-order valence-corrected chi connectivity index (χ4v) is 13.3. The van der Waals surface area contributed by atoms with E-state index in [1.807, 2.05) is 0 Å². The standard InChI is InChI=1S/C79H150O17P2/c1-6-9-12-15-18-21-24-27-29-34-38-43-48-53-58-63-77(82)90-69-75(96-79(84)65-60-55-50-45-40-35-31-30-32-36-41-46-51-56-61-72(4)5)71-94-98(87,88)92-67-73(80)66-91-97(85,86)93-70-74(68-89-76(81)62-57-52-47-42-37-26-23-20-17-14-11-8-3)95-78(83)64-59-54-49-44-39-33-28-25-22-19-16-13-10-7-2/h21,24,27,29,72-75,80H,6-20,22-23,25-26,28,30-71H2,1-5H3,(H,85,86)(H,87,88)/b24-21-,29-27-/t73-,74+,75+/m0/s1. The Labute approximate surface area is 599 Å². The van der Waals surface area contributed by atoms with Crippen molar-refractivity contribution < 1.29 is 80.2 Å². The van der Waals surface area contributed by atoms with Crippen LogP contribution in [-0.2, 0) is 65.4 Å². The molecule has 0 aromatic heterocycles. The number of esters is 4. The fraction of sp³-hybridized carbons (Fsp3) is 0.899. The van der Waals surface area contributed by atoms with Gasteiger partial charge in [-0.25, -0.2) is 9.13 Å². The number of allylic oxidation sites excluding steroid dienone is 4. The van der Waals surface area contributed by atoms with Crippen molar-refractivity contribution in [3.63, 3.8) is 0 Å². The number of carbonyl (C=O) groups is 4. The summed E-state index contributed by atoms with van der Waals surface area (Å²) in [6.07, 6.45) is 64.4. The molecule has 0 amide bonds. The molecule has 0 aliphatic carbocycles. The lowest BCUT2D eigenvalue weighted by molar-refractivity contribution is -0.161. The minimum absolute atomic E-state index is 0.101. The van der Waals surface area contributed by atoms with Gasteiger partial charge in [-0.2, -0.15) is 0 Å². The lowest BCUT2D eigenvalue weighted by Crippen LogP contribution is -2.30. The molecule has 0 aliphatic heterocycles. The van der Waals surface area contributed by atoms with Crippen LogP contribution in [0.25, 0.3) is 0 Å². The van der Waals surface area contributed by atoms with Crippen molar-refractivity contribution in [1.82, 2.24) is 0 Å². The summed E-state index contributed by atoms with van der Waals surface area (Å²) in [4.78, 5) is 72.9. The van der Waals surface area contributed by atoms with E-state index in [-0.39, 0.29) is 25.7 Å². The van der Waals surface area contributed by atoms with E-state index in [1.165, 1.54) is 199 Å². The maximum atomic E-state index is 13.1. The Hall–Kier alpha value is -2.46. The first-order valence-corrected chi connectivity index (χ1v) is 43.4. The predicted octanol–water partition coefficient (Wildman–Crippen LogP) is 23.2. The minimum Gasteiger partial charge on any atom is -0.462 e. The number of phosphoric acid groups is 2. The minimum atomic E-state index is -4.97. The smallest absolute Gasteiger partial charge is 0.462 e. The van der Waals surface area contributed by atoms with E-state index in [0.29, 0.717) is 25.7 Å². The van der Waals surface area contributed by atoms with Crippen LogP contribution in [0, 0.1) is 5.92 Å². The van der Waals surface area contributed by atoms with Crippen LogP contribution in [0.5, 0.6) is 0 Å². The van der Waals surface area contributed by atoms with E-state index in [0.717, 1.165) is 115 Å². The molecule has 0 bridgehead atoms. The number of hydrogen-bond donors (Lipinski definition) is 3. The quantitative estimate of drug-likeness (QED) is 0.0169. The molecule has 0 saturated carbocycles. The summed E-state index contributed by atoms with van der Waals surface area (Å²) in [7, 11) is -9.93. The fourth-order valence-electron chi connectivity index (χ4n) is 11.7. The first kappa shape index (κ1) is 95.5. The van der Waals surface area contributed by atoms with Crippen molar-refractivity contribution in [3.05, 3.63) is 24.3 Å². The van der Waals surface area contributed by atoms with Crippen LogP contribution in [0.4, 0.5) is 0 Å². The number of hydrogen-bond acceptors (Lipinski definition) is 15. The Morgan fingerprint density at radius 2 is 0.551 bits per heavy atom. The van der Waals surface area contributed by atoms with Gasteiger partial charge in [0.2, 0.25) is 0 Å². The van der Waals surface area contributed by atoms with Crippen molar-refractivity contribution >= 4 is 39.5 Å². The number of aliphatic hydroxyl groups excluding tert-OH is 1.